The van der Waals surface area contributed by atoms with Gasteiger partial charge < -0.3 is 20.5 Å². The molecule has 0 radical (unpaired) electrons. The number of hydrogen-bond acceptors (Lipinski definition) is 4. The number of carbonyl (C=O) groups is 1. The first kappa shape index (κ1) is 14.8. The molecule has 3 N–H and O–H groups in total. The minimum absolute atomic E-state index is 0.0689. The van der Waals surface area contributed by atoms with Crippen molar-refractivity contribution in [3.05, 3.63) is 35.9 Å². The summed E-state index contributed by atoms with van der Waals surface area (Å²) in [7, 11) is 0. The van der Waals surface area contributed by atoms with Gasteiger partial charge in [-0.3, -0.25) is 0 Å². The van der Waals surface area contributed by atoms with Gasteiger partial charge in [0.25, 0.3) is 0 Å². The van der Waals surface area contributed by atoms with Crippen LogP contribution in [0.3, 0.4) is 0 Å². The summed E-state index contributed by atoms with van der Waals surface area (Å²) in [6.45, 7) is 2.88. The molecule has 1 aliphatic heterocycles. The average Bonchev–Trinajstić information content (AvgIpc) is 2.46. The number of nitrogens with two attached hydrogens (primary N) is 1. The maximum absolute atomic E-state index is 12.1. The second-order valence-corrected chi connectivity index (χ2v) is 5.47. The van der Waals surface area contributed by atoms with Crippen molar-refractivity contribution in [1.29, 1.82) is 0 Å². The normalized spacial score (nSPS) is 26.4. The molecule has 0 aliphatic carbocycles. The highest BCUT2D eigenvalue weighted by atomic mass is 16.6. The minimum Gasteiger partial charge on any atom is -0.445 e. The Morgan fingerprint density at radius 2 is 2.20 bits per heavy atom. The van der Waals surface area contributed by atoms with E-state index in [0.29, 0.717) is 19.4 Å². The first-order valence-electron chi connectivity index (χ1n) is 6.94. The number of piperidine rings is 1. The molecule has 1 unspecified atom stereocenters. The minimum atomic E-state index is -0.852. The van der Waals surface area contributed by atoms with Crippen LogP contribution in [0.1, 0.15) is 25.3 Å². The monoisotopic (exact) mass is 278 g/mol. The molecular weight excluding hydrogens is 256 g/mol. The highest BCUT2D eigenvalue weighted by molar-refractivity contribution is 5.68. The maximum atomic E-state index is 12.1. The van der Waals surface area contributed by atoms with Crippen molar-refractivity contribution >= 4 is 6.09 Å². The van der Waals surface area contributed by atoms with Gasteiger partial charge in [-0.25, -0.2) is 4.79 Å². The van der Waals surface area contributed by atoms with Gasteiger partial charge >= 0.3 is 6.09 Å². The zero-order valence-electron chi connectivity index (χ0n) is 11.8. The molecule has 2 rings (SSSR count). The van der Waals surface area contributed by atoms with E-state index in [2.05, 4.69) is 0 Å². The van der Waals surface area contributed by atoms with Crippen molar-refractivity contribution in [1.82, 2.24) is 4.90 Å². The maximum Gasteiger partial charge on any atom is 0.410 e. The number of ether oxygens (including phenoxy) is 1. The number of amides is 1. The zero-order chi connectivity index (χ0) is 14.6. The molecule has 20 heavy (non-hydrogen) atoms. The summed E-state index contributed by atoms with van der Waals surface area (Å²) in [4.78, 5) is 13.7. The fourth-order valence-corrected chi connectivity index (χ4v) is 2.57. The van der Waals surface area contributed by atoms with Gasteiger partial charge in [0.2, 0.25) is 0 Å². The van der Waals surface area contributed by atoms with Crippen molar-refractivity contribution in [2.45, 2.75) is 38.0 Å². The van der Waals surface area contributed by atoms with Gasteiger partial charge in [0.05, 0.1) is 5.60 Å². The molecule has 1 aromatic carbocycles. The van der Waals surface area contributed by atoms with E-state index in [-0.39, 0.29) is 25.3 Å². The summed E-state index contributed by atoms with van der Waals surface area (Å²) in [6, 6.07) is 9.51. The van der Waals surface area contributed by atoms with Gasteiger partial charge in [0.1, 0.15) is 6.61 Å². The molecule has 0 bridgehead atoms. The third-order valence-electron chi connectivity index (χ3n) is 3.85. The Labute approximate surface area is 119 Å². The third-order valence-corrected chi connectivity index (χ3v) is 3.85. The molecule has 5 nitrogen and oxygen atoms in total. The molecule has 1 heterocycles. The Kier molecular flexibility index (Phi) is 4.62. The van der Waals surface area contributed by atoms with Crippen LogP contribution < -0.4 is 5.73 Å². The van der Waals surface area contributed by atoms with Crippen LogP contribution in [0, 0.1) is 0 Å². The first-order valence-corrected chi connectivity index (χ1v) is 6.94. The van der Waals surface area contributed by atoms with Crippen LogP contribution >= 0.6 is 0 Å². The molecular formula is C15H22N2O3. The molecule has 1 amide bonds. The van der Waals surface area contributed by atoms with Crippen LogP contribution in [0.4, 0.5) is 4.79 Å². The van der Waals surface area contributed by atoms with Crippen LogP contribution in [0.5, 0.6) is 0 Å². The Morgan fingerprint density at radius 3 is 2.80 bits per heavy atom. The van der Waals surface area contributed by atoms with E-state index in [4.69, 9.17) is 10.5 Å². The van der Waals surface area contributed by atoms with E-state index in [0.717, 1.165) is 5.56 Å². The zero-order valence-corrected chi connectivity index (χ0v) is 11.8. The van der Waals surface area contributed by atoms with Gasteiger partial charge in [-0.2, -0.15) is 0 Å². The molecule has 0 aromatic heterocycles. The van der Waals surface area contributed by atoms with Gasteiger partial charge in [0.15, 0.2) is 0 Å². The quantitative estimate of drug-likeness (QED) is 0.878. The van der Waals surface area contributed by atoms with Gasteiger partial charge in [-0.15, -0.1) is 0 Å². The molecule has 2 atom stereocenters. The predicted molar refractivity (Wildman–Crippen MR) is 76.0 cm³/mol. The van der Waals surface area contributed by atoms with Crippen LogP contribution in [0.25, 0.3) is 0 Å². The van der Waals surface area contributed by atoms with Gasteiger partial charge in [-0.05, 0) is 25.3 Å². The largest absolute Gasteiger partial charge is 0.445 e. The lowest BCUT2D eigenvalue weighted by Gasteiger charge is -2.41. The summed E-state index contributed by atoms with van der Waals surface area (Å²) in [5.74, 6) is 0. The molecule has 0 spiro atoms. The molecule has 0 saturated carbocycles. The van der Waals surface area contributed by atoms with Crippen molar-refractivity contribution < 1.29 is 14.6 Å². The third kappa shape index (κ3) is 3.49. The predicted octanol–water partition coefficient (Wildman–Crippen LogP) is 1.50. The number of aliphatic hydroxyl groups is 1. The van der Waals surface area contributed by atoms with E-state index in [1.807, 2.05) is 37.3 Å². The van der Waals surface area contributed by atoms with Gasteiger partial charge in [-0.1, -0.05) is 30.3 Å². The van der Waals surface area contributed by atoms with Crippen molar-refractivity contribution in [3.63, 3.8) is 0 Å². The Bertz CT molecular complexity index is 452. The van der Waals surface area contributed by atoms with Gasteiger partial charge in [0, 0.05) is 19.1 Å². The topological polar surface area (TPSA) is 75.8 Å². The van der Waals surface area contributed by atoms with E-state index >= 15 is 0 Å². The van der Waals surface area contributed by atoms with E-state index in [1.165, 1.54) is 0 Å². The summed E-state index contributed by atoms with van der Waals surface area (Å²) < 4.78 is 5.31. The van der Waals surface area contributed by atoms with Crippen LogP contribution in [-0.4, -0.2) is 40.8 Å². The summed E-state index contributed by atoms with van der Waals surface area (Å²) in [6.07, 6.45) is 0.651. The number of rotatable bonds is 3. The van der Waals surface area contributed by atoms with Crippen molar-refractivity contribution in [2.24, 2.45) is 5.73 Å². The second kappa shape index (κ2) is 6.24. The molecule has 1 aliphatic rings. The molecule has 5 heteroatoms. The standard InChI is InChI=1S/C15H22N2O3/c1-12-9-15(19,11-16)7-8-17(12)14(18)20-10-13-5-3-2-4-6-13/h2-6,12,19H,7-11,16H2,1H3/t12-,15?/m1/s1. The van der Waals surface area contributed by atoms with Crippen molar-refractivity contribution in [3.8, 4) is 0 Å². The van der Waals surface area contributed by atoms with Crippen molar-refractivity contribution in [2.75, 3.05) is 13.1 Å². The molecule has 1 aromatic rings. The first-order chi connectivity index (χ1) is 9.54. The SMILES string of the molecule is C[C@@H]1CC(O)(CN)CCN1C(=O)OCc1ccccc1. The van der Waals surface area contributed by atoms with E-state index in [9.17, 15) is 9.90 Å². The fourth-order valence-electron chi connectivity index (χ4n) is 2.57. The summed E-state index contributed by atoms with van der Waals surface area (Å²) >= 11 is 0. The summed E-state index contributed by atoms with van der Waals surface area (Å²) in [5, 5.41) is 10.2. The average molecular weight is 278 g/mol. The Morgan fingerprint density at radius 1 is 1.50 bits per heavy atom. The Hall–Kier alpha value is -1.59. The smallest absolute Gasteiger partial charge is 0.410 e. The highest BCUT2D eigenvalue weighted by Crippen LogP contribution is 2.26. The lowest BCUT2D eigenvalue weighted by Crippen LogP contribution is -2.54. The lowest BCUT2D eigenvalue weighted by molar-refractivity contribution is -0.0344. The van der Waals surface area contributed by atoms with E-state index in [1.54, 1.807) is 4.90 Å². The fraction of sp³-hybridized carbons (Fsp3) is 0.533. The van der Waals surface area contributed by atoms with E-state index < -0.39 is 5.60 Å². The molecule has 1 fully saturated rings. The number of nitrogens with zero attached hydrogens (tertiary/aromatic N) is 1. The lowest BCUT2D eigenvalue weighted by atomic mass is 9.87. The Balaban J connectivity index is 1.87. The number of benzene rings is 1. The van der Waals surface area contributed by atoms with Crippen LogP contribution in [-0.2, 0) is 11.3 Å². The van der Waals surface area contributed by atoms with Crippen LogP contribution in [0.15, 0.2) is 30.3 Å². The number of carbonyl (C=O) groups excluding carboxylic acids is 1. The number of likely N-dealkylation sites (tertiary alicyclic amines) is 1. The molecule has 1 saturated heterocycles. The summed E-state index contributed by atoms with van der Waals surface area (Å²) in [5.41, 5.74) is 5.68. The highest BCUT2D eigenvalue weighted by Gasteiger charge is 2.37. The molecule has 110 valence electrons. The number of hydrogen-bond donors (Lipinski definition) is 2. The van der Waals surface area contributed by atoms with Crippen LogP contribution in [0.2, 0.25) is 0 Å². The second-order valence-electron chi connectivity index (χ2n) is 5.47.